The van der Waals surface area contributed by atoms with Gasteiger partial charge in [0.1, 0.15) is 18.3 Å². The van der Waals surface area contributed by atoms with Gasteiger partial charge in [-0.1, -0.05) is 39.8 Å². The van der Waals surface area contributed by atoms with Crippen molar-refractivity contribution in [1.82, 2.24) is 0 Å². The normalized spacial score (nSPS) is 33.6. The van der Waals surface area contributed by atoms with Crippen LogP contribution in [-0.2, 0) is 42.9 Å². The number of allylic oxidation sites excluding steroid dienone is 1. The minimum absolute atomic E-state index is 0.155. The lowest BCUT2D eigenvalue weighted by Gasteiger charge is -2.38. The number of carbonyl (C=O) groups is 5. The molecule has 0 bridgehead atoms. The number of ketones is 1. The van der Waals surface area contributed by atoms with Gasteiger partial charge < -0.3 is 18.9 Å². The van der Waals surface area contributed by atoms with Crippen LogP contribution in [0.15, 0.2) is 23.3 Å². The highest BCUT2D eigenvalue weighted by Crippen LogP contribution is 2.48. The van der Waals surface area contributed by atoms with Crippen molar-refractivity contribution in [1.29, 1.82) is 0 Å². The Balaban J connectivity index is 2.82. The number of hydrogen-bond acceptors (Lipinski definition) is 9. The van der Waals surface area contributed by atoms with Crippen LogP contribution >= 0.6 is 0 Å². The molecule has 0 radical (unpaired) electrons. The smallest absolute Gasteiger partial charge is 0.306 e. The summed E-state index contributed by atoms with van der Waals surface area (Å²) in [6.45, 7) is 14.8. The van der Waals surface area contributed by atoms with Crippen LogP contribution in [0.25, 0.3) is 0 Å². The summed E-state index contributed by atoms with van der Waals surface area (Å²) in [5.41, 5.74) is -1.26. The van der Waals surface area contributed by atoms with Gasteiger partial charge in [0.25, 0.3) is 0 Å². The van der Waals surface area contributed by atoms with Crippen molar-refractivity contribution in [3.8, 4) is 0 Å². The molecule has 9 heteroatoms. The molecule has 0 aliphatic heterocycles. The van der Waals surface area contributed by atoms with Crippen molar-refractivity contribution in [3.05, 3.63) is 23.3 Å². The van der Waals surface area contributed by atoms with Gasteiger partial charge in [0.15, 0.2) is 5.60 Å². The number of rotatable bonds is 6. The van der Waals surface area contributed by atoms with Crippen molar-refractivity contribution >= 4 is 29.7 Å². The monoisotopic (exact) mass is 548 g/mol. The fourth-order valence-corrected chi connectivity index (χ4v) is 5.65. The van der Waals surface area contributed by atoms with Gasteiger partial charge in [0.2, 0.25) is 5.78 Å². The lowest BCUT2D eigenvalue weighted by Crippen LogP contribution is -2.49. The highest BCUT2D eigenvalue weighted by molar-refractivity contribution is 6.03. The van der Waals surface area contributed by atoms with Gasteiger partial charge >= 0.3 is 23.9 Å². The molecule has 1 saturated carbocycles. The fourth-order valence-electron chi connectivity index (χ4n) is 5.65. The Kier molecular flexibility index (Phi) is 10.7. The standard InChI is InChI=1S/C30H44O9/c1-10-11-26(34)38-24-15-25(36-20(5)31)29(8,9)13-12-17(2)28(35)30(39-22(7)33)16-19(4)27(37-21(6)32)23(30)14-18(24)3/h12,14,19,23-25,27H,10-11,13,15-16H2,1-9H3/b17-12+,18-14+/t19-,23-,24+,25+,27-,30-/m0/s1. The molecule has 0 aromatic carbocycles. The van der Waals surface area contributed by atoms with Crippen molar-refractivity contribution < 1.29 is 42.9 Å². The molecule has 39 heavy (non-hydrogen) atoms. The number of esters is 4. The average molecular weight is 549 g/mol. The predicted molar refractivity (Wildman–Crippen MR) is 143 cm³/mol. The first-order valence-corrected chi connectivity index (χ1v) is 13.7. The number of fused-ring (bicyclic) bond motifs is 1. The molecule has 218 valence electrons. The Hall–Kier alpha value is -2.97. The van der Waals surface area contributed by atoms with Crippen LogP contribution in [0.2, 0.25) is 0 Å². The van der Waals surface area contributed by atoms with Crippen molar-refractivity contribution in [2.45, 2.75) is 118 Å². The van der Waals surface area contributed by atoms with E-state index in [2.05, 4.69) is 0 Å². The first-order valence-electron chi connectivity index (χ1n) is 13.7. The summed E-state index contributed by atoms with van der Waals surface area (Å²) in [5.74, 6) is -3.55. The molecule has 2 aliphatic rings. The van der Waals surface area contributed by atoms with Crippen LogP contribution in [0.3, 0.4) is 0 Å². The fraction of sp³-hybridized carbons (Fsp3) is 0.700. The van der Waals surface area contributed by atoms with Crippen LogP contribution < -0.4 is 0 Å². The summed E-state index contributed by atoms with van der Waals surface area (Å²) in [7, 11) is 0. The topological polar surface area (TPSA) is 122 Å². The molecule has 0 amide bonds. The van der Waals surface area contributed by atoms with Crippen molar-refractivity contribution in [2.75, 3.05) is 0 Å². The minimum Gasteiger partial charge on any atom is -0.462 e. The number of hydrogen-bond donors (Lipinski definition) is 0. The molecule has 0 saturated heterocycles. The molecule has 0 unspecified atom stereocenters. The molecule has 1 fully saturated rings. The van der Waals surface area contributed by atoms with Crippen molar-refractivity contribution in [2.24, 2.45) is 17.3 Å². The summed E-state index contributed by atoms with van der Waals surface area (Å²) in [6, 6.07) is 0. The number of carbonyl (C=O) groups excluding carboxylic acids is 5. The van der Waals surface area contributed by atoms with Crippen LogP contribution in [0, 0.1) is 17.3 Å². The van der Waals surface area contributed by atoms with E-state index in [4.69, 9.17) is 18.9 Å². The zero-order valence-corrected chi connectivity index (χ0v) is 24.8. The zero-order valence-electron chi connectivity index (χ0n) is 24.8. The second kappa shape index (κ2) is 12.9. The second-order valence-electron chi connectivity index (χ2n) is 11.6. The van der Waals surface area contributed by atoms with Crippen LogP contribution in [0.4, 0.5) is 0 Å². The molecule has 0 aromatic heterocycles. The lowest BCUT2D eigenvalue weighted by atomic mass is 9.76. The van der Waals surface area contributed by atoms with E-state index in [1.807, 2.05) is 27.7 Å². The maximum atomic E-state index is 14.1. The largest absolute Gasteiger partial charge is 0.462 e. The molecular weight excluding hydrogens is 504 g/mol. The number of Topliss-reactive ketones (excluding diaryl/α,β-unsaturated/α-hetero) is 1. The van der Waals surface area contributed by atoms with Gasteiger partial charge in [-0.15, -0.1) is 0 Å². The molecule has 6 atom stereocenters. The summed E-state index contributed by atoms with van der Waals surface area (Å²) < 4.78 is 23.2. The van der Waals surface area contributed by atoms with Gasteiger partial charge in [-0.25, -0.2) is 0 Å². The van der Waals surface area contributed by atoms with E-state index in [1.165, 1.54) is 20.8 Å². The maximum absolute atomic E-state index is 14.1. The van der Waals surface area contributed by atoms with Crippen LogP contribution in [-0.4, -0.2) is 53.6 Å². The molecule has 0 heterocycles. The highest BCUT2D eigenvalue weighted by atomic mass is 16.6. The molecule has 0 spiro atoms. The Morgan fingerprint density at radius 3 is 2.13 bits per heavy atom. The Labute approximate surface area is 231 Å². The van der Waals surface area contributed by atoms with E-state index in [0.717, 1.165) is 0 Å². The first kappa shape index (κ1) is 32.2. The molecular formula is C30H44O9. The van der Waals surface area contributed by atoms with E-state index in [0.29, 0.717) is 24.0 Å². The van der Waals surface area contributed by atoms with E-state index < -0.39 is 59.1 Å². The first-order chi connectivity index (χ1) is 18.0. The van der Waals surface area contributed by atoms with Gasteiger partial charge in [0, 0.05) is 45.4 Å². The lowest BCUT2D eigenvalue weighted by molar-refractivity contribution is -0.169. The maximum Gasteiger partial charge on any atom is 0.306 e. The Morgan fingerprint density at radius 2 is 1.59 bits per heavy atom. The Bertz CT molecular complexity index is 1040. The molecule has 0 N–H and O–H groups in total. The molecule has 0 aromatic rings. The SMILES string of the molecule is CCCC(=O)O[C@@H]1C[C@@H](OC(C)=O)C(C)(C)C/C=C(\C)C(=O)[C@]2(OC(C)=O)C[C@H](C)[C@H](OC(C)=O)[C@@H]2/C=C/1C. The van der Waals surface area contributed by atoms with Crippen LogP contribution in [0.5, 0.6) is 0 Å². The van der Waals surface area contributed by atoms with E-state index in [-0.39, 0.29) is 31.0 Å². The second-order valence-corrected chi connectivity index (χ2v) is 11.6. The quantitative estimate of drug-likeness (QED) is 0.262. The Morgan fingerprint density at radius 1 is 0.974 bits per heavy atom. The van der Waals surface area contributed by atoms with Crippen molar-refractivity contribution in [3.63, 3.8) is 0 Å². The van der Waals surface area contributed by atoms with Gasteiger partial charge in [-0.2, -0.15) is 0 Å². The summed E-state index contributed by atoms with van der Waals surface area (Å²) in [5, 5.41) is 0. The molecule has 9 nitrogen and oxygen atoms in total. The summed E-state index contributed by atoms with van der Waals surface area (Å²) in [4.78, 5) is 63.3. The van der Waals surface area contributed by atoms with E-state index in [1.54, 1.807) is 26.0 Å². The van der Waals surface area contributed by atoms with Gasteiger partial charge in [0.05, 0.1) is 5.92 Å². The summed E-state index contributed by atoms with van der Waals surface area (Å²) in [6.07, 6.45) is 2.81. The zero-order chi connectivity index (χ0) is 29.7. The van der Waals surface area contributed by atoms with E-state index >= 15 is 0 Å². The third kappa shape index (κ3) is 7.79. The summed E-state index contributed by atoms with van der Waals surface area (Å²) >= 11 is 0. The van der Waals surface area contributed by atoms with Gasteiger partial charge in [-0.05, 0) is 43.8 Å². The predicted octanol–water partition coefficient (Wildman–Crippen LogP) is 4.80. The third-order valence-electron chi connectivity index (χ3n) is 7.67. The molecule has 2 rings (SSSR count). The highest BCUT2D eigenvalue weighted by Gasteiger charge is 2.60. The number of ether oxygens (including phenoxy) is 4. The third-order valence-corrected chi connectivity index (χ3v) is 7.67. The van der Waals surface area contributed by atoms with E-state index in [9.17, 15) is 24.0 Å². The minimum atomic E-state index is -1.61. The molecule has 2 aliphatic carbocycles. The van der Waals surface area contributed by atoms with Crippen LogP contribution in [0.1, 0.15) is 94.4 Å². The van der Waals surface area contributed by atoms with Gasteiger partial charge in [-0.3, -0.25) is 24.0 Å². The average Bonchev–Trinajstić information content (AvgIpc) is 3.05.